The first-order valence-electron chi connectivity index (χ1n) is 6.72. The third-order valence-electron chi connectivity index (χ3n) is 3.27. The number of aromatic nitrogens is 1. The number of benzene rings is 2. The summed E-state index contributed by atoms with van der Waals surface area (Å²) in [6, 6.07) is 16.7. The molecule has 0 aliphatic carbocycles. The lowest BCUT2D eigenvalue weighted by molar-refractivity contribution is 0.419. The highest BCUT2D eigenvalue weighted by atomic mass is 35.5. The zero-order chi connectivity index (χ0) is 15.5. The van der Waals surface area contributed by atoms with Crippen LogP contribution in [0, 0.1) is 5.41 Å². The maximum atomic E-state index is 8.18. The van der Waals surface area contributed by atoms with Crippen LogP contribution in [0.1, 0.15) is 5.69 Å². The van der Waals surface area contributed by atoms with E-state index in [-0.39, 0.29) is 5.84 Å². The summed E-state index contributed by atoms with van der Waals surface area (Å²) in [6.07, 6.45) is 0. The van der Waals surface area contributed by atoms with Crippen molar-refractivity contribution in [3.8, 4) is 5.75 Å². The number of fused-ring (bicyclic) bond motifs is 1. The topological polar surface area (TPSA) is 58.0 Å². The van der Waals surface area contributed by atoms with E-state index in [1.807, 2.05) is 42.5 Å². The van der Waals surface area contributed by atoms with Crippen molar-refractivity contribution >= 4 is 34.0 Å². The molecule has 3 rings (SSSR count). The summed E-state index contributed by atoms with van der Waals surface area (Å²) < 4.78 is 5.33. The van der Waals surface area contributed by atoms with E-state index in [2.05, 4.69) is 10.3 Å². The highest BCUT2D eigenvalue weighted by molar-refractivity contribution is 6.30. The van der Waals surface area contributed by atoms with Crippen LogP contribution in [0.25, 0.3) is 10.9 Å². The maximum absolute atomic E-state index is 8.18. The number of nitrogens with zero attached hydrogens (tertiary/aromatic N) is 1. The minimum Gasteiger partial charge on any atom is -0.494 e. The Labute approximate surface area is 133 Å². The van der Waals surface area contributed by atoms with Gasteiger partial charge in [-0.1, -0.05) is 29.8 Å². The molecule has 110 valence electrons. The molecule has 0 saturated carbocycles. The van der Waals surface area contributed by atoms with Gasteiger partial charge < -0.3 is 10.1 Å². The van der Waals surface area contributed by atoms with Gasteiger partial charge in [-0.2, -0.15) is 0 Å². The lowest BCUT2D eigenvalue weighted by Crippen LogP contribution is -2.13. The summed E-state index contributed by atoms with van der Waals surface area (Å²) in [5.74, 6) is 0.911. The number of pyridine rings is 1. The van der Waals surface area contributed by atoms with Crippen LogP contribution >= 0.6 is 11.6 Å². The molecule has 0 bridgehead atoms. The number of halogens is 1. The third-order valence-corrected chi connectivity index (χ3v) is 3.52. The predicted octanol–water partition coefficient (Wildman–Crippen LogP) is 4.33. The molecule has 0 radical (unpaired) electrons. The average Bonchev–Trinajstić information content (AvgIpc) is 2.55. The van der Waals surface area contributed by atoms with Crippen molar-refractivity contribution in [3.63, 3.8) is 0 Å². The van der Waals surface area contributed by atoms with Gasteiger partial charge in [-0.25, -0.2) is 4.98 Å². The predicted molar refractivity (Wildman–Crippen MR) is 90.2 cm³/mol. The fraction of sp³-hybridized carbons (Fsp3) is 0.0588. The van der Waals surface area contributed by atoms with E-state index in [0.29, 0.717) is 16.5 Å². The van der Waals surface area contributed by atoms with Gasteiger partial charge in [0.25, 0.3) is 0 Å². The first-order valence-corrected chi connectivity index (χ1v) is 7.10. The number of para-hydroxylation sites is 1. The number of methoxy groups -OCH3 is 1. The van der Waals surface area contributed by atoms with Crippen LogP contribution in [0.3, 0.4) is 0 Å². The zero-order valence-corrected chi connectivity index (χ0v) is 12.7. The summed E-state index contributed by atoms with van der Waals surface area (Å²) in [4.78, 5) is 4.52. The molecule has 0 aliphatic heterocycles. The summed E-state index contributed by atoms with van der Waals surface area (Å²) in [5, 5.41) is 12.8. The molecule has 0 amide bonds. The number of rotatable bonds is 3. The van der Waals surface area contributed by atoms with Crippen molar-refractivity contribution in [2.75, 3.05) is 12.4 Å². The molecule has 22 heavy (non-hydrogen) atoms. The normalized spacial score (nSPS) is 10.5. The molecule has 0 spiro atoms. The lowest BCUT2D eigenvalue weighted by atomic mass is 10.2. The van der Waals surface area contributed by atoms with Crippen molar-refractivity contribution < 1.29 is 4.74 Å². The Balaban J connectivity index is 1.92. The number of hydrogen-bond donors (Lipinski definition) is 2. The van der Waals surface area contributed by atoms with Gasteiger partial charge >= 0.3 is 0 Å². The first kappa shape index (κ1) is 14.4. The lowest BCUT2D eigenvalue weighted by Gasteiger charge is -2.10. The molecule has 1 heterocycles. The van der Waals surface area contributed by atoms with Crippen LogP contribution in [0.15, 0.2) is 54.6 Å². The van der Waals surface area contributed by atoms with Crippen LogP contribution in [-0.2, 0) is 0 Å². The van der Waals surface area contributed by atoms with Gasteiger partial charge in [-0.15, -0.1) is 0 Å². The van der Waals surface area contributed by atoms with Crippen molar-refractivity contribution in [1.82, 2.24) is 4.98 Å². The van der Waals surface area contributed by atoms with Crippen molar-refractivity contribution in [3.05, 3.63) is 65.3 Å². The molecule has 0 atom stereocenters. The molecule has 0 saturated heterocycles. The molecular formula is C17H14ClN3O. The molecular weight excluding hydrogens is 298 g/mol. The number of amidine groups is 1. The monoisotopic (exact) mass is 311 g/mol. The molecule has 0 fully saturated rings. The highest BCUT2D eigenvalue weighted by Crippen LogP contribution is 2.24. The van der Waals surface area contributed by atoms with E-state index < -0.39 is 0 Å². The number of ether oxygens (including phenoxy) is 1. The van der Waals surface area contributed by atoms with Gasteiger partial charge in [-0.05, 0) is 36.4 Å². The van der Waals surface area contributed by atoms with Gasteiger partial charge in [0.15, 0.2) is 0 Å². The molecule has 4 nitrogen and oxygen atoms in total. The Morgan fingerprint density at radius 2 is 1.86 bits per heavy atom. The summed E-state index contributed by atoms with van der Waals surface area (Å²) in [5.41, 5.74) is 2.08. The van der Waals surface area contributed by atoms with E-state index in [1.165, 1.54) is 0 Å². The quantitative estimate of drug-likeness (QED) is 0.559. The molecule has 1 aromatic heterocycles. The molecule has 5 heteroatoms. The van der Waals surface area contributed by atoms with Gasteiger partial charge in [0.05, 0.1) is 7.11 Å². The zero-order valence-electron chi connectivity index (χ0n) is 11.9. The largest absolute Gasteiger partial charge is 0.494 e. The van der Waals surface area contributed by atoms with Crippen molar-refractivity contribution in [2.24, 2.45) is 0 Å². The highest BCUT2D eigenvalue weighted by Gasteiger charge is 2.08. The smallest absolute Gasteiger partial charge is 0.148 e. The number of anilines is 1. The second-order valence-corrected chi connectivity index (χ2v) is 5.17. The van der Waals surface area contributed by atoms with E-state index in [9.17, 15) is 0 Å². The van der Waals surface area contributed by atoms with E-state index in [0.717, 1.165) is 16.6 Å². The van der Waals surface area contributed by atoms with Gasteiger partial charge in [0.2, 0.25) is 0 Å². The SMILES string of the molecule is COc1cccc2ccc(C(=N)Nc3ccc(Cl)cc3)nc12. The number of nitrogens with one attached hydrogen (secondary N) is 2. The molecule has 2 aromatic carbocycles. The van der Waals surface area contributed by atoms with E-state index >= 15 is 0 Å². The van der Waals surface area contributed by atoms with E-state index in [4.69, 9.17) is 21.7 Å². The fourth-order valence-electron chi connectivity index (χ4n) is 2.17. The molecule has 0 unspecified atom stereocenters. The fourth-order valence-corrected chi connectivity index (χ4v) is 2.29. The van der Waals surface area contributed by atoms with Crippen LogP contribution in [0.2, 0.25) is 5.02 Å². The van der Waals surface area contributed by atoms with Crippen LogP contribution < -0.4 is 10.1 Å². The Kier molecular flexibility index (Phi) is 3.94. The minimum absolute atomic E-state index is 0.218. The summed E-state index contributed by atoms with van der Waals surface area (Å²) in [7, 11) is 1.61. The minimum atomic E-state index is 0.218. The Morgan fingerprint density at radius 3 is 2.59 bits per heavy atom. The second kappa shape index (κ2) is 6.03. The van der Waals surface area contributed by atoms with E-state index in [1.54, 1.807) is 19.2 Å². The molecule has 3 aromatic rings. The average molecular weight is 312 g/mol. The van der Waals surface area contributed by atoms with Crippen molar-refractivity contribution in [2.45, 2.75) is 0 Å². The van der Waals surface area contributed by atoms with Gasteiger partial charge in [-0.3, -0.25) is 5.41 Å². The molecule has 0 aliphatic rings. The van der Waals surface area contributed by atoms with Crippen LogP contribution in [0.5, 0.6) is 5.75 Å². The first-order chi connectivity index (χ1) is 10.7. The summed E-state index contributed by atoms with van der Waals surface area (Å²) in [6.45, 7) is 0. The molecule has 2 N–H and O–H groups in total. The standard InChI is InChI=1S/C17H14ClN3O/c1-22-15-4-2-3-11-5-10-14(21-16(11)15)17(19)20-13-8-6-12(18)7-9-13/h2-10H,1H3,(H2,19,20). The van der Waals surface area contributed by atoms with Gasteiger partial charge in [0.1, 0.15) is 22.8 Å². The van der Waals surface area contributed by atoms with Crippen LogP contribution in [0.4, 0.5) is 5.69 Å². The Morgan fingerprint density at radius 1 is 1.09 bits per heavy atom. The second-order valence-electron chi connectivity index (χ2n) is 4.74. The number of hydrogen-bond acceptors (Lipinski definition) is 3. The maximum Gasteiger partial charge on any atom is 0.148 e. The Hall–Kier alpha value is -2.59. The van der Waals surface area contributed by atoms with Crippen molar-refractivity contribution in [1.29, 1.82) is 5.41 Å². The third kappa shape index (κ3) is 2.87. The van der Waals surface area contributed by atoms with Gasteiger partial charge in [0, 0.05) is 16.1 Å². The van der Waals surface area contributed by atoms with Crippen LogP contribution in [-0.4, -0.2) is 17.9 Å². The Bertz CT molecular complexity index is 831. The summed E-state index contributed by atoms with van der Waals surface area (Å²) >= 11 is 5.86.